The summed E-state index contributed by atoms with van der Waals surface area (Å²) in [5.41, 5.74) is 0.507. The average molecular weight is 281 g/mol. The molecule has 1 aromatic heterocycles. The lowest BCUT2D eigenvalue weighted by molar-refractivity contribution is -0.146. The van der Waals surface area contributed by atoms with E-state index in [0.717, 1.165) is 0 Å². The van der Waals surface area contributed by atoms with Crippen LogP contribution in [0.3, 0.4) is 0 Å². The SMILES string of the molecule is O=C(O)c1cccc(C(C2OCCO2)C2OCCO2)n1. The Bertz CT molecular complexity index is 466. The van der Waals surface area contributed by atoms with Gasteiger partial charge in [0.1, 0.15) is 11.6 Å². The minimum Gasteiger partial charge on any atom is -0.477 e. The number of nitrogens with zero attached hydrogens (tertiary/aromatic N) is 1. The van der Waals surface area contributed by atoms with Crippen molar-refractivity contribution in [1.82, 2.24) is 4.98 Å². The largest absolute Gasteiger partial charge is 0.477 e. The van der Waals surface area contributed by atoms with Crippen LogP contribution in [0.15, 0.2) is 18.2 Å². The van der Waals surface area contributed by atoms with E-state index in [9.17, 15) is 4.79 Å². The molecular weight excluding hydrogens is 266 g/mol. The van der Waals surface area contributed by atoms with Crippen molar-refractivity contribution in [3.8, 4) is 0 Å². The van der Waals surface area contributed by atoms with Crippen LogP contribution in [0, 0.1) is 0 Å². The van der Waals surface area contributed by atoms with E-state index in [2.05, 4.69) is 4.98 Å². The van der Waals surface area contributed by atoms with Gasteiger partial charge in [-0.2, -0.15) is 0 Å². The molecule has 0 atom stereocenters. The minimum absolute atomic E-state index is 0.0245. The monoisotopic (exact) mass is 281 g/mol. The molecule has 1 N–H and O–H groups in total. The Balaban J connectivity index is 1.91. The van der Waals surface area contributed by atoms with Gasteiger partial charge in [-0.3, -0.25) is 0 Å². The molecule has 2 aliphatic rings. The van der Waals surface area contributed by atoms with Crippen molar-refractivity contribution in [3.05, 3.63) is 29.6 Å². The van der Waals surface area contributed by atoms with E-state index in [1.807, 2.05) is 0 Å². The van der Waals surface area contributed by atoms with Gasteiger partial charge in [-0.15, -0.1) is 0 Å². The first-order chi connectivity index (χ1) is 9.75. The van der Waals surface area contributed by atoms with Crippen molar-refractivity contribution in [2.24, 2.45) is 0 Å². The molecule has 0 spiro atoms. The molecule has 7 nitrogen and oxygen atoms in total. The first kappa shape index (κ1) is 13.4. The Morgan fingerprint density at radius 2 is 1.65 bits per heavy atom. The first-order valence-corrected chi connectivity index (χ1v) is 6.42. The number of aromatic carboxylic acids is 1. The fourth-order valence-corrected chi connectivity index (χ4v) is 2.33. The zero-order valence-corrected chi connectivity index (χ0v) is 10.7. The van der Waals surface area contributed by atoms with Crippen LogP contribution in [0.5, 0.6) is 0 Å². The maximum Gasteiger partial charge on any atom is 0.354 e. The summed E-state index contributed by atoms with van der Waals surface area (Å²) in [5, 5.41) is 9.03. The first-order valence-electron chi connectivity index (χ1n) is 6.42. The molecule has 0 unspecified atom stereocenters. The number of hydrogen-bond acceptors (Lipinski definition) is 6. The normalized spacial score (nSPS) is 20.9. The van der Waals surface area contributed by atoms with Crippen LogP contribution in [0.25, 0.3) is 0 Å². The van der Waals surface area contributed by atoms with Gasteiger partial charge in [0.25, 0.3) is 0 Å². The summed E-state index contributed by atoms with van der Waals surface area (Å²) < 4.78 is 22.1. The van der Waals surface area contributed by atoms with E-state index in [-0.39, 0.29) is 5.69 Å². The molecule has 108 valence electrons. The predicted molar refractivity (Wildman–Crippen MR) is 65.3 cm³/mol. The van der Waals surface area contributed by atoms with Crippen LogP contribution in [0.2, 0.25) is 0 Å². The molecule has 1 aromatic rings. The average Bonchev–Trinajstić information content (AvgIpc) is 3.13. The minimum atomic E-state index is -1.08. The van der Waals surface area contributed by atoms with Crippen LogP contribution >= 0.6 is 0 Å². The van der Waals surface area contributed by atoms with Crippen molar-refractivity contribution < 1.29 is 28.8 Å². The van der Waals surface area contributed by atoms with Gasteiger partial charge in [-0.05, 0) is 12.1 Å². The van der Waals surface area contributed by atoms with Crippen molar-refractivity contribution in [2.45, 2.75) is 18.5 Å². The molecule has 0 radical (unpaired) electrons. The number of carbonyl (C=O) groups is 1. The second-order valence-electron chi connectivity index (χ2n) is 4.50. The van der Waals surface area contributed by atoms with E-state index in [1.165, 1.54) is 6.07 Å². The number of hydrogen-bond donors (Lipinski definition) is 1. The van der Waals surface area contributed by atoms with Crippen molar-refractivity contribution in [2.75, 3.05) is 26.4 Å². The highest BCUT2D eigenvalue weighted by Crippen LogP contribution is 2.32. The van der Waals surface area contributed by atoms with E-state index in [1.54, 1.807) is 12.1 Å². The molecule has 0 aromatic carbocycles. The molecule has 2 saturated heterocycles. The third kappa shape index (κ3) is 2.66. The standard InChI is InChI=1S/C13H15NO6/c15-11(16)9-3-1-2-8(14-9)10(12-17-4-5-18-12)13-19-6-7-20-13/h1-3,10,12-13H,4-7H2,(H,15,16). The highest BCUT2D eigenvalue weighted by atomic mass is 16.7. The van der Waals surface area contributed by atoms with Crippen LogP contribution in [-0.4, -0.2) is 55.1 Å². The maximum atomic E-state index is 11.0. The summed E-state index contributed by atoms with van der Waals surface area (Å²) in [6, 6.07) is 4.81. The summed E-state index contributed by atoms with van der Waals surface area (Å²) >= 11 is 0. The highest BCUT2D eigenvalue weighted by Gasteiger charge is 2.39. The summed E-state index contributed by atoms with van der Waals surface area (Å²) in [4.78, 5) is 15.2. The Labute approximate surface area is 115 Å². The Morgan fingerprint density at radius 1 is 1.10 bits per heavy atom. The van der Waals surface area contributed by atoms with Crippen LogP contribution in [0.1, 0.15) is 22.1 Å². The van der Waals surface area contributed by atoms with Gasteiger partial charge in [-0.25, -0.2) is 9.78 Å². The summed E-state index contributed by atoms with van der Waals surface area (Å²) in [6.07, 6.45) is -1.07. The summed E-state index contributed by atoms with van der Waals surface area (Å²) in [5.74, 6) is -1.48. The smallest absolute Gasteiger partial charge is 0.354 e. The third-order valence-corrected chi connectivity index (χ3v) is 3.21. The van der Waals surface area contributed by atoms with Gasteiger partial charge < -0.3 is 24.1 Å². The molecule has 0 aliphatic carbocycles. The van der Waals surface area contributed by atoms with E-state index in [4.69, 9.17) is 24.1 Å². The number of pyridine rings is 1. The summed E-state index contributed by atoms with van der Waals surface area (Å²) in [6.45, 7) is 1.97. The lowest BCUT2D eigenvalue weighted by Gasteiger charge is -2.26. The van der Waals surface area contributed by atoms with Crippen LogP contribution in [0.4, 0.5) is 0 Å². The number of carboxylic acid groups (broad SMARTS) is 1. The van der Waals surface area contributed by atoms with E-state index < -0.39 is 24.5 Å². The molecule has 2 aliphatic heterocycles. The number of rotatable bonds is 4. The van der Waals surface area contributed by atoms with Gasteiger partial charge in [0.15, 0.2) is 12.6 Å². The fourth-order valence-electron chi connectivity index (χ4n) is 2.33. The molecule has 0 amide bonds. The number of carboxylic acids is 1. The van der Waals surface area contributed by atoms with E-state index in [0.29, 0.717) is 32.1 Å². The molecule has 0 bridgehead atoms. The molecule has 20 heavy (non-hydrogen) atoms. The molecule has 3 heterocycles. The predicted octanol–water partition coefficient (Wildman–Crippen LogP) is 0.609. The van der Waals surface area contributed by atoms with Crippen molar-refractivity contribution in [3.63, 3.8) is 0 Å². The zero-order chi connectivity index (χ0) is 13.9. The third-order valence-electron chi connectivity index (χ3n) is 3.21. The Morgan fingerprint density at radius 3 is 2.15 bits per heavy atom. The van der Waals surface area contributed by atoms with Gasteiger partial charge >= 0.3 is 5.97 Å². The van der Waals surface area contributed by atoms with Gasteiger partial charge in [0.2, 0.25) is 0 Å². The Hall–Kier alpha value is -1.54. The quantitative estimate of drug-likeness (QED) is 0.865. The molecule has 7 heteroatoms. The number of aromatic nitrogens is 1. The molecule has 2 fully saturated rings. The molecular formula is C13H15NO6. The van der Waals surface area contributed by atoms with Crippen LogP contribution < -0.4 is 0 Å². The number of ether oxygens (including phenoxy) is 4. The highest BCUT2D eigenvalue weighted by molar-refractivity contribution is 5.85. The van der Waals surface area contributed by atoms with Gasteiger partial charge in [0, 0.05) is 0 Å². The lowest BCUT2D eigenvalue weighted by Crippen LogP contribution is -2.32. The zero-order valence-electron chi connectivity index (χ0n) is 10.7. The lowest BCUT2D eigenvalue weighted by atomic mass is 10.0. The van der Waals surface area contributed by atoms with E-state index >= 15 is 0 Å². The summed E-state index contributed by atoms with van der Waals surface area (Å²) in [7, 11) is 0. The van der Waals surface area contributed by atoms with Gasteiger partial charge in [-0.1, -0.05) is 6.07 Å². The van der Waals surface area contributed by atoms with Crippen molar-refractivity contribution in [1.29, 1.82) is 0 Å². The maximum absolute atomic E-state index is 11.0. The van der Waals surface area contributed by atoms with Crippen LogP contribution in [-0.2, 0) is 18.9 Å². The topological polar surface area (TPSA) is 87.1 Å². The Kier molecular flexibility index (Phi) is 3.93. The second kappa shape index (κ2) is 5.84. The van der Waals surface area contributed by atoms with Crippen molar-refractivity contribution >= 4 is 5.97 Å². The molecule has 3 rings (SSSR count). The van der Waals surface area contributed by atoms with Gasteiger partial charge in [0.05, 0.1) is 32.1 Å². The molecule has 0 saturated carbocycles. The fraction of sp³-hybridized carbons (Fsp3) is 0.538. The second-order valence-corrected chi connectivity index (χ2v) is 4.50.